The summed E-state index contributed by atoms with van der Waals surface area (Å²) < 4.78 is 1.62. The first kappa shape index (κ1) is 17.1. The zero-order chi connectivity index (χ0) is 17.8. The van der Waals surface area contributed by atoms with Crippen LogP contribution in [0.3, 0.4) is 0 Å². The van der Waals surface area contributed by atoms with Gasteiger partial charge in [-0.3, -0.25) is 9.78 Å². The van der Waals surface area contributed by atoms with Gasteiger partial charge in [0.1, 0.15) is 0 Å². The lowest BCUT2D eigenvalue weighted by atomic mass is 10.2. The third-order valence-corrected chi connectivity index (χ3v) is 4.24. The Labute approximate surface area is 151 Å². The molecule has 0 fully saturated rings. The van der Waals surface area contributed by atoms with Gasteiger partial charge in [0.25, 0.3) is 5.91 Å². The molecule has 1 aromatic carbocycles. The van der Waals surface area contributed by atoms with Crippen LogP contribution in [0.15, 0.2) is 54.9 Å². The Morgan fingerprint density at radius 2 is 2.12 bits per heavy atom. The lowest BCUT2D eigenvalue weighted by molar-refractivity contribution is 0.0733. The van der Waals surface area contributed by atoms with Crippen LogP contribution >= 0.6 is 11.6 Å². The topological polar surface area (TPSA) is 63.9 Å². The Balaban J connectivity index is 1.72. The highest BCUT2D eigenvalue weighted by Crippen LogP contribution is 2.18. The first-order valence-corrected chi connectivity index (χ1v) is 8.25. The lowest BCUT2D eigenvalue weighted by Gasteiger charge is -2.23. The zero-order valence-corrected chi connectivity index (χ0v) is 14.8. The third kappa shape index (κ3) is 4.03. The number of pyridine rings is 1. The highest BCUT2D eigenvalue weighted by molar-refractivity contribution is 6.30. The summed E-state index contributed by atoms with van der Waals surface area (Å²) in [5.41, 5.74) is 2.11. The number of carbonyl (C=O) groups is 1. The molecule has 25 heavy (non-hydrogen) atoms. The monoisotopic (exact) mass is 355 g/mol. The van der Waals surface area contributed by atoms with Gasteiger partial charge in [-0.2, -0.15) is 0 Å². The van der Waals surface area contributed by atoms with E-state index < -0.39 is 0 Å². The fraction of sp³-hybridized carbons (Fsp3) is 0.222. The third-order valence-electron chi connectivity index (χ3n) is 4.01. The van der Waals surface area contributed by atoms with Gasteiger partial charge >= 0.3 is 0 Å². The summed E-state index contributed by atoms with van der Waals surface area (Å²) in [4.78, 5) is 18.5. The number of rotatable bonds is 5. The van der Waals surface area contributed by atoms with Crippen molar-refractivity contribution in [3.63, 3.8) is 0 Å². The molecule has 2 heterocycles. The summed E-state index contributed by atoms with van der Waals surface area (Å²) in [5.74, 6) is -0.199. The van der Waals surface area contributed by atoms with E-state index in [0.717, 1.165) is 11.3 Å². The van der Waals surface area contributed by atoms with Gasteiger partial charge in [0, 0.05) is 18.3 Å². The largest absolute Gasteiger partial charge is 0.332 e. The summed E-state index contributed by atoms with van der Waals surface area (Å²) in [6.45, 7) is 2.43. The fourth-order valence-electron chi connectivity index (χ4n) is 2.47. The van der Waals surface area contributed by atoms with Crippen molar-refractivity contribution in [2.75, 3.05) is 7.05 Å². The van der Waals surface area contributed by atoms with Gasteiger partial charge < -0.3 is 4.90 Å². The molecular weight excluding hydrogens is 338 g/mol. The van der Waals surface area contributed by atoms with Crippen LogP contribution < -0.4 is 0 Å². The van der Waals surface area contributed by atoms with E-state index in [1.54, 1.807) is 29.0 Å². The Morgan fingerprint density at radius 1 is 1.28 bits per heavy atom. The van der Waals surface area contributed by atoms with Crippen molar-refractivity contribution in [1.82, 2.24) is 24.9 Å². The van der Waals surface area contributed by atoms with E-state index in [1.165, 1.54) is 0 Å². The predicted octanol–water partition coefficient (Wildman–Crippen LogP) is 3.21. The average molecular weight is 356 g/mol. The van der Waals surface area contributed by atoms with E-state index in [2.05, 4.69) is 15.3 Å². The minimum atomic E-state index is -0.199. The fourth-order valence-corrected chi connectivity index (χ4v) is 2.69. The number of aromatic nitrogens is 4. The first-order valence-electron chi connectivity index (χ1n) is 7.87. The molecule has 0 spiro atoms. The standard InChI is InChI=1S/C18H18ClN5O/c1-13(16-8-3-4-9-20-16)23(2)18(25)17-12-24(22-21-17)11-14-6-5-7-15(19)10-14/h3-10,12-13H,11H2,1-2H3. The van der Waals surface area contributed by atoms with Crippen LogP contribution in [0.5, 0.6) is 0 Å². The van der Waals surface area contributed by atoms with Crippen LogP contribution in [-0.2, 0) is 6.54 Å². The molecule has 0 radical (unpaired) electrons. The van der Waals surface area contributed by atoms with Crippen molar-refractivity contribution in [2.45, 2.75) is 19.5 Å². The van der Waals surface area contributed by atoms with Gasteiger partial charge in [-0.15, -0.1) is 5.10 Å². The maximum Gasteiger partial charge on any atom is 0.276 e. The van der Waals surface area contributed by atoms with Gasteiger partial charge in [0.2, 0.25) is 0 Å². The molecule has 2 aromatic heterocycles. The van der Waals surface area contributed by atoms with Crippen molar-refractivity contribution in [3.8, 4) is 0 Å². The molecule has 0 aliphatic carbocycles. The SMILES string of the molecule is CC(c1ccccn1)N(C)C(=O)c1cn(Cc2cccc(Cl)c2)nn1. The van der Waals surface area contributed by atoms with Crippen LogP contribution in [0.2, 0.25) is 5.02 Å². The molecule has 0 bridgehead atoms. The number of carbonyl (C=O) groups excluding carboxylic acids is 1. The molecule has 3 rings (SSSR count). The van der Waals surface area contributed by atoms with Crippen LogP contribution in [0.25, 0.3) is 0 Å². The van der Waals surface area contributed by atoms with E-state index in [1.807, 2.05) is 49.4 Å². The summed E-state index contributed by atoms with van der Waals surface area (Å²) in [5, 5.41) is 8.70. The molecular formula is C18H18ClN5O. The number of nitrogens with zero attached hydrogens (tertiary/aromatic N) is 5. The van der Waals surface area contributed by atoms with Crippen LogP contribution in [0.4, 0.5) is 0 Å². The van der Waals surface area contributed by atoms with Crippen molar-refractivity contribution in [1.29, 1.82) is 0 Å². The average Bonchev–Trinajstić information content (AvgIpc) is 3.09. The van der Waals surface area contributed by atoms with E-state index in [0.29, 0.717) is 17.3 Å². The maximum absolute atomic E-state index is 12.6. The Kier molecular flexibility index (Phi) is 5.09. The minimum Gasteiger partial charge on any atom is -0.332 e. The smallest absolute Gasteiger partial charge is 0.276 e. The second-order valence-electron chi connectivity index (χ2n) is 5.78. The molecule has 1 atom stereocenters. The summed E-state index contributed by atoms with van der Waals surface area (Å²) in [6.07, 6.45) is 3.36. The Bertz CT molecular complexity index is 865. The van der Waals surface area contributed by atoms with E-state index in [-0.39, 0.29) is 11.9 Å². The zero-order valence-electron chi connectivity index (χ0n) is 14.0. The van der Waals surface area contributed by atoms with E-state index >= 15 is 0 Å². The van der Waals surface area contributed by atoms with Gasteiger partial charge in [0.15, 0.2) is 5.69 Å². The number of benzene rings is 1. The molecule has 0 aliphatic rings. The number of halogens is 1. The number of hydrogen-bond acceptors (Lipinski definition) is 4. The van der Waals surface area contributed by atoms with Crippen molar-refractivity contribution < 1.29 is 4.79 Å². The molecule has 0 saturated carbocycles. The molecule has 1 unspecified atom stereocenters. The molecule has 0 saturated heterocycles. The molecule has 3 aromatic rings. The quantitative estimate of drug-likeness (QED) is 0.705. The molecule has 0 N–H and O–H groups in total. The molecule has 0 aliphatic heterocycles. The van der Waals surface area contributed by atoms with Crippen LogP contribution in [0.1, 0.15) is 34.7 Å². The van der Waals surface area contributed by atoms with Crippen molar-refractivity contribution in [2.24, 2.45) is 0 Å². The highest BCUT2D eigenvalue weighted by Gasteiger charge is 2.22. The first-order chi connectivity index (χ1) is 12.0. The van der Waals surface area contributed by atoms with Crippen molar-refractivity contribution >= 4 is 17.5 Å². The summed E-state index contributed by atoms with van der Waals surface area (Å²) in [6, 6.07) is 13.0. The second kappa shape index (κ2) is 7.44. The van der Waals surface area contributed by atoms with Crippen molar-refractivity contribution in [3.05, 3.63) is 76.8 Å². The number of amides is 1. The lowest BCUT2D eigenvalue weighted by Crippen LogP contribution is -2.30. The minimum absolute atomic E-state index is 0.160. The van der Waals surface area contributed by atoms with Gasteiger partial charge in [0.05, 0.1) is 24.5 Å². The summed E-state index contributed by atoms with van der Waals surface area (Å²) in [7, 11) is 1.73. The molecule has 6 nitrogen and oxygen atoms in total. The van der Waals surface area contributed by atoms with Gasteiger partial charge in [-0.1, -0.05) is 35.0 Å². The Morgan fingerprint density at radius 3 is 2.84 bits per heavy atom. The van der Waals surface area contributed by atoms with Crippen LogP contribution in [0, 0.1) is 0 Å². The van der Waals surface area contributed by atoms with Gasteiger partial charge in [-0.05, 0) is 36.8 Å². The van der Waals surface area contributed by atoms with E-state index in [9.17, 15) is 4.79 Å². The Hall–Kier alpha value is -2.73. The normalized spacial score (nSPS) is 12.0. The second-order valence-corrected chi connectivity index (χ2v) is 6.21. The maximum atomic E-state index is 12.6. The summed E-state index contributed by atoms with van der Waals surface area (Å²) >= 11 is 5.99. The molecule has 128 valence electrons. The van der Waals surface area contributed by atoms with Crippen LogP contribution in [-0.4, -0.2) is 37.8 Å². The molecule has 7 heteroatoms. The van der Waals surface area contributed by atoms with Gasteiger partial charge in [-0.25, -0.2) is 4.68 Å². The molecule has 1 amide bonds. The predicted molar refractivity (Wildman–Crippen MR) is 95.3 cm³/mol. The number of hydrogen-bond donors (Lipinski definition) is 0. The van der Waals surface area contributed by atoms with E-state index in [4.69, 9.17) is 11.6 Å². The highest BCUT2D eigenvalue weighted by atomic mass is 35.5.